The number of hydrogen-bond donors (Lipinski definition) is 1. The van der Waals surface area contributed by atoms with Crippen molar-refractivity contribution in [2.75, 3.05) is 27.0 Å². The van der Waals surface area contributed by atoms with Crippen LogP contribution in [-0.4, -0.2) is 45.7 Å². The molecule has 2 rings (SSSR count). The highest BCUT2D eigenvalue weighted by Crippen LogP contribution is 2.30. The second-order valence-corrected chi connectivity index (χ2v) is 8.75. The largest absolute Gasteiger partial charge is 0.493 e. The predicted octanol–water partition coefficient (Wildman–Crippen LogP) is 2.87. The first kappa shape index (κ1) is 23.6. The average Bonchev–Trinajstić information content (AvgIpc) is 2.71. The molecule has 1 N–H and O–H groups in total. The summed E-state index contributed by atoms with van der Waals surface area (Å²) in [5, 5.41) is 2.84. The molecule has 0 radical (unpaired) electrons. The number of rotatable bonds is 10. The summed E-state index contributed by atoms with van der Waals surface area (Å²) in [6.45, 7) is 1.25. The summed E-state index contributed by atoms with van der Waals surface area (Å²) in [6.07, 6.45) is 1.57. The van der Waals surface area contributed by atoms with Gasteiger partial charge in [0.25, 0.3) is 0 Å². The lowest BCUT2D eigenvalue weighted by molar-refractivity contribution is -0.122. The van der Waals surface area contributed by atoms with Gasteiger partial charge in [0.1, 0.15) is 5.82 Å². The number of methoxy groups -OCH3 is 2. The van der Waals surface area contributed by atoms with E-state index in [0.29, 0.717) is 17.9 Å². The molecule has 0 fully saturated rings. The topological polar surface area (TPSA) is 84.9 Å². The number of benzene rings is 2. The monoisotopic (exact) mass is 438 g/mol. The summed E-state index contributed by atoms with van der Waals surface area (Å²) in [5.41, 5.74) is 0.992. The Hall–Kier alpha value is -2.65. The smallest absolute Gasteiger partial charge is 0.235 e. The molecule has 0 aliphatic carbocycles. The maximum Gasteiger partial charge on any atom is 0.235 e. The number of hydrogen-bond acceptors (Lipinski definition) is 5. The molecule has 9 heteroatoms. The first-order valence-corrected chi connectivity index (χ1v) is 11.2. The minimum absolute atomic E-state index is 0.197. The Bertz CT molecular complexity index is 981. The van der Waals surface area contributed by atoms with Gasteiger partial charge in [-0.3, -0.25) is 4.79 Å². The third kappa shape index (κ3) is 6.17. The normalized spacial score (nSPS) is 12.5. The number of amides is 1. The van der Waals surface area contributed by atoms with Gasteiger partial charge < -0.3 is 14.8 Å². The third-order valence-corrected chi connectivity index (χ3v) is 5.84. The molecule has 1 amide bonds. The van der Waals surface area contributed by atoms with E-state index < -0.39 is 28.3 Å². The van der Waals surface area contributed by atoms with Crippen molar-refractivity contribution in [2.45, 2.75) is 25.9 Å². The van der Waals surface area contributed by atoms with Crippen molar-refractivity contribution in [2.24, 2.45) is 0 Å². The molecule has 2 aromatic carbocycles. The zero-order chi connectivity index (χ0) is 22.3. The van der Waals surface area contributed by atoms with Crippen LogP contribution < -0.4 is 14.8 Å². The van der Waals surface area contributed by atoms with Crippen molar-refractivity contribution in [3.05, 3.63) is 59.4 Å². The molecule has 1 atom stereocenters. The van der Waals surface area contributed by atoms with Crippen molar-refractivity contribution in [1.29, 1.82) is 0 Å². The summed E-state index contributed by atoms with van der Waals surface area (Å²) in [5.74, 6) is 0.0808. The second kappa shape index (κ2) is 10.4. The summed E-state index contributed by atoms with van der Waals surface area (Å²) >= 11 is 0. The van der Waals surface area contributed by atoms with Gasteiger partial charge in [0, 0.05) is 12.1 Å². The van der Waals surface area contributed by atoms with Gasteiger partial charge in [-0.25, -0.2) is 12.8 Å². The van der Waals surface area contributed by atoms with Crippen LogP contribution in [-0.2, 0) is 21.4 Å². The van der Waals surface area contributed by atoms with E-state index in [9.17, 15) is 17.6 Å². The molecule has 2 aromatic rings. The van der Waals surface area contributed by atoms with Crippen LogP contribution in [0.5, 0.6) is 11.5 Å². The minimum Gasteiger partial charge on any atom is -0.493 e. The lowest BCUT2D eigenvalue weighted by atomic mass is 10.0. The van der Waals surface area contributed by atoms with E-state index in [1.807, 2.05) is 13.0 Å². The quantitative estimate of drug-likeness (QED) is 0.617. The van der Waals surface area contributed by atoms with E-state index in [1.165, 1.54) is 32.4 Å². The van der Waals surface area contributed by atoms with E-state index in [2.05, 4.69) is 5.32 Å². The van der Waals surface area contributed by atoms with E-state index in [4.69, 9.17) is 9.47 Å². The maximum absolute atomic E-state index is 14.0. The number of halogens is 1. The lowest BCUT2D eigenvalue weighted by Crippen LogP contribution is -2.41. The highest BCUT2D eigenvalue weighted by molar-refractivity contribution is 7.88. The van der Waals surface area contributed by atoms with Crippen LogP contribution in [0.2, 0.25) is 0 Å². The Labute approximate surface area is 176 Å². The molecule has 0 bridgehead atoms. The molecule has 1 unspecified atom stereocenters. The Kier molecular flexibility index (Phi) is 8.19. The van der Waals surface area contributed by atoms with Gasteiger partial charge in [-0.15, -0.1) is 0 Å². The van der Waals surface area contributed by atoms with Crippen LogP contribution in [0.3, 0.4) is 0 Å². The fourth-order valence-electron chi connectivity index (χ4n) is 3.00. The number of nitrogens with zero attached hydrogens (tertiary/aromatic N) is 1. The van der Waals surface area contributed by atoms with E-state index in [0.717, 1.165) is 16.1 Å². The van der Waals surface area contributed by atoms with Crippen molar-refractivity contribution < 1.29 is 27.1 Å². The highest BCUT2D eigenvalue weighted by atomic mass is 32.2. The lowest BCUT2D eigenvalue weighted by Gasteiger charge is -2.23. The Morgan fingerprint density at radius 1 is 1.13 bits per heavy atom. The zero-order valence-electron chi connectivity index (χ0n) is 17.5. The van der Waals surface area contributed by atoms with Crippen LogP contribution in [0.25, 0.3) is 0 Å². The van der Waals surface area contributed by atoms with Crippen molar-refractivity contribution in [1.82, 2.24) is 9.62 Å². The summed E-state index contributed by atoms with van der Waals surface area (Å²) in [4.78, 5) is 12.6. The van der Waals surface area contributed by atoms with Crippen molar-refractivity contribution in [3.8, 4) is 11.5 Å². The molecule has 0 aromatic heterocycles. The predicted molar refractivity (Wildman–Crippen MR) is 112 cm³/mol. The number of carbonyl (C=O) groups is 1. The van der Waals surface area contributed by atoms with Crippen LogP contribution in [0, 0.1) is 5.82 Å². The summed E-state index contributed by atoms with van der Waals surface area (Å²) in [6, 6.07) is 10.8. The first-order valence-electron chi connectivity index (χ1n) is 9.39. The van der Waals surface area contributed by atoms with Gasteiger partial charge in [0.15, 0.2) is 11.5 Å². The molecular formula is C21H27FN2O5S. The average molecular weight is 439 g/mol. The van der Waals surface area contributed by atoms with E-state index >= 15 is 0 Å². The molecule has 0 aliphatic heterocycles. The fraction of sp³-hybridized carbons (Fsp3) is 0.381. The van der Waals surface area contributed by atoms with Gasteiger partial charge in [-0.2, -0.15) is 4.31 Å². The maximum atomic E-state index is 14.0. The van der Waals surface area contributed by atoms with Gasteiger partial charge in [0.2, 0.25) is 15.9 Å². The molecule has 164 valence electrons. The highest BCUT2D eigenvalue weighted by Gasteiger charge is 2.23. The number of sulfonamides is 1. The molecule has 7 nitrogen and oxygen atoms in total. The van der Waals surface area contributed by atoms with Gasteiger partial charge in [-0.05, 0) is 30.2 Å². The SMILES string of the molecule is CCC(NC(=O)CN(Cc1ccccc1F)S(C)(=O)=O)c1ccc(OC)c(OC)c1. The summed E-state index contributed by atoms with van der Waals surface area (Å²) < 4.78 is 49.7. The molecular weight excluding hydrogens is 411 g/mol. The first-order chi connectivity index (χ1) is 14.2. The number of nitrogens with one attached hydrogen (secondary N) is 1. The van der Waals surface area contributed by atoms with Gasteiger partial charge >= 0.3 is 0 Å². The molecule has 30 heavy (non-hydrogen) atoms. The number of ether oxygens (including phenoxy) is 2. The fourth-order valence-corrected chi connectivity index (χ4v) is 3.72. The van der Waals surface area contributed by atoms with Crippen LogP contribution >= 0.6 is 0 Å². The van der Waals surface area contributed by atoms with Crippen molar-refractivity contribution in [3.63, 3.8) is 0 Å². The summed E-state index contributed by atoms with van der Waals surface area (Å²) in [7, 11) is -0.677. The molecule has 0 spiro atoms. The molecule has 0 heterocycles. The zero-order valence-corrected chi connectivity index (χ0v) is 18.3. The van der Waals surface area contributed by atoms with Crippen molar-refractivity contribution >= 4 is 15.9 Å². The van der Waals surface area contributed by atoms with Crippen LogP contribution in [0.4, 0.5) is 4.39 Å². The molecule has 0 saturated heterocycles. The number of carbonyl (C=O) groups excluding carboxylic acids is 1. The Morgan fingerprint density at radius 3 is 2.37 bits per heavy atom. The van der Waals surface area contributed by atoms with E-state index in [-0.39, 0.29) is 18.2 Å². The van der Waals surface area contributed by atoms with Crippen LogP contribution in [0.1, 0.15) is 30.5 Å². The Morgan fingerprint density at radius 2 is 1.80 bits per heavy atom. The Balaban J connectivity index is 2.16. The minimum atomic E-state index is -3.73. The molecule has 0 saturated carbocycles. The second-order valence-electron chi connectivity index (χ2n) is 6.77. The third-order valence-electron chi connectivity index (χ3n) is 4.65. The van der Waals surface area contributed by atoms with Gasteiger partial charge in [0.05, 0.1) is 33.1 Å². The van der Waals surface area contributed by atoms with E-state index in [1.54, 1.807) is 18.2 Å². The van der Waals surface area contributed by atoms with Crippen LogP contribution in [0.15, 0.2) is 42.5 Å². The standard InChI is InChI=1S/C21H27FN2O5S/c1-5-18(15-10-11-19(28-2)20(12-15)29-3)23-21(25)14-24(30(4,26)27)13-16-8-6-7-9-17(16)22/h6-12,18H,5,13-14H2,1-4H3,(H,23,25). The molecule has 0 aliphatic rings. The van der Waals surface area contributed by atoms with Gasteiger partial charge in [-0.1, -0.05) is 31.2 Å².